The predicted octanol–water partition coefficient (Wildman–Crippen LogP) is 1.76. The predicted molar refractivity (Wildman–Crippen MR) is 92.9 cm³/mol. The average Bonchev–Trinajstić information content (AvgIpc) is 3.25. The highest BCUT2D eigenvalue weighted by atomic mass is 16.5. The zero-order valence-corrected chi connectivity index (χ0v) is 14.9. The van der Waals surface area contributed by atoms with E-state index in [-0.39, 0.29) is 23.2 Å². The lowest BCUT2D eigenvalue weighted by atomic mass is 10.1. The Morgan fingerprint density at radius 1 is 1.19 bits per heavy atom. The van der Waals surface area contributed by atoms with Crippen molar-refractivity contribution >= 4 is 23.7 Å². The van der Waals surface area contributed by atoms with Gasteiger partial charge in [-0.05, 0) is 44.2 Å². The second-order valence-electron chi connectivity index (χ2n) is 5.98. The summed E-state index contributed by atoms with van der Waals surface area (Å²) in [5.74, 6) is -1.66. The fourth-order valence-corrected chi connectivity index (χ4v) is 2.72. The highest BCUT2D eigenvalue weighted by Crippen LogP contribution is 2.26. The monoisotopic (exact) mass is 370 g/mol. The quantitative estimate of drug-likeness (QED) is 0.613. The van der Waals surface area contributed by atoms with Crippen molar-refractivity contribution in [3.8, 4) is 0 Å². The minimum atomic E-state index is -0.974. The number of furan rings is 1. The molecule has 0 fully saturated rings. The third kappa shape index (κ3) is 3.59. The molecular formula is C19H18N2O6. The Kier molecular flexibility index (Phi) is 5.07. The van der Waals surface area contributed by atoms with E-state index in [1.807, 2.05) is 0 Å². The molecule has 0 unspecified atom stereocenters. The smallest absolute Gasteiger partial charge is 0.338 e. The Balaban J connectivity index is 1.77. The maximum atomic E-state index is 12.6. The molecule has 0 saturated heterocycles. The number of ether oxygens (including phenoxy) is 1. The lowest BCUT2D eigenvalue weighted by Crippen LogP contribution is -2.35. The average molecular weight is 370 g/mol. The molecular weight excluding hydrogens is 352 g/mol. The number of fused-ring (bicyclic) bond motifs is 1. The van der Waals surface area contributed by atoms with Crippen molar-refractivity contribution in [2.24, 2.45) is 0 Å². The summed E-state index contributed by atoms with van der Waals surface area (Å²) in [4.78, 5) is 50.0. The van der Waals surface area contributed by atoms with Crippen molar-refractivity contribution in [2.45, 2.75) is 26.5 Å². The molecule has 0 radical (unpaired) electrons. The van der Waals surface area contributed by atoms with Crippen LogP contribution >= 0.6 is 0 Å². The molecule has 27 heavy (non-hydrogen) atoms. The van der Waals surface area contributed by atoms with Crippen LogP contribution in [0.5, 0.6) is 0 Å². The third-order valence-electron chi connectivity index (χ3n) is 4.10. The summed E-state index contributed by atoms with van der Waals surface area (Å²) in [6, 6.07) is 7.44. The summed E-state index contributed by atoms with van der Waals surface area (Å²) in [6.07, 6.45) is 0.482. The Bertz CT molecular complexity index is 903. The summed E-state index contributed by atoms with van der Waals surface area (Å²) in [5.41, 5.74) is 0.414. The van der Waals surface area contributed by atoms with Crippen LogP contribution in [0.1, 0.15) is 50.7 Å². The number of benzene rings is 1. The first-order valence-corrected chi connectivity index (χ1v) is 8.43. The van der Waals surface area contributed by atoms with Crippen LogP contribution < -0.4 is 5.32 Å². The number of esters is 1. The normalized spacial score (nSPS) is 14.1. The van der Waals surface area contributed by atoms with E-state index in [4.69, 9.17) is 9.15 Å². The van der Waals surface area contributed by atoms with Crippen LogP contribution in [0.4, 0.5) is 0 Å². The first-order valence-electron chi connectivity index (χ1n) is 8.43. The molecule has 2 aromatic rings. The SMILES string of the molecule is CCNC(=O)[C@@H](C)OC(=O)c1ccc2c(c1)C(=O)N(Cc1ccco1)C2=O. The molecule has 3 rings (SSSR count). The number of carbonyl (C=O) groups is 4. The molecule has 1 aliphatic heterocycles. The molecule has 1 aliphatic rings. The highest BCUT2D eigenvalue weighted by Gasteiger charge is 2.36. The molecule has 1 atom stereocenters. The van der Waals surface area contributed by atoms with Gasteiger partial charge in [-0.3, -0.25) is 19.3 Å². The molecule has 0 bridgehead atoms. The largest absolute Gasteiger partial charge is 0.467 e. The maximum Gasteiger partial charge on any atom is 0.338 e. The van der Waals surface area contributed by atoms with E-state index in [2.05, 4.69) is 5.32 Å². The van der Waals surface area contributed by atoms with Gasteiger partial charge in [0.1, 0.15) is 5.76 Å². The van der Waals surface area contributed by atoms with Gasteiger partial charge in [-0.2, -0.15) is 0 Å². The van der Waals surface area contributed by atoms with Gasteiger partial charge in [0.15, 0.2) is 6.10 Å². The van der Waals surface area contributed by atoms with E-state index >= 15 is 0 Å². The minimum absolute atomic E-state index is 0.00729. The summed E-state index contributed by atoms with van der Waals surface area (Å²) in [7, 11) is 0. The molecule has 2 heterocycles. The number of nitrogens with zero attached hydrogens (tertiary/aromatic N) is 1. The standard InChI is InChI=1S/C19H18N2O6/c1-3-20-16(22)11(2)27-19(25)12-6-7-14-15(9-12)18(24)21(17(14)23)10-13-5-4-8-26-13/h4-9,11H,3,10H2,1-2H3,(H,20,22)/t11-/m1/s1. The number of likely N-dealkylation sites (N-methyl/N-ethyl adjacent to an activating group) is 1. The first kappa shape index (κ1) is 18.4. The number of carbonyl (C=O) groups excluding carboxylic acids is 4. The van der Waals surface area contributed by atoms with E-state index < -0.39 is 29.8 Å². The van der Waals surface area contributed by atoms with Crippen LogP contribution in [0.2, 0.25) is 0 Å². The van der Waals surface area contributed by atoms with Crippen molar-refractivity contribution in [1.82, 2.24) is 10.2 Å². The number of hydrogen-bond acceptors (Lipinski definition) is 6. The summed E-state index contributed by atoms with van der Waals surface area (Å²) in [6.45, 7) is 3.63. The first-order chi connectivity index (χ1) is 12.9. The van der Waals surface area contributed by atoms with Crippen LogP contribution in [-0.4, -0.2) is 41.2 Å². The molecule has 0 spiro atoms. The number of hydrogen-bond donors (Lipinski definition) is 1. The fraction of sp³-hybridized carbons (Fsp3) is 0.263. The Morgan fingerprint density at radius 3 is 2.59 bits per heavy atom. The highest BCUT2D eigenvalue weighted by molar-refractivity contribution is 6.21. The number of imide groups is 1. The molecule has 0 saturated carbocycles. The van der Waals surface area contributed by atoms with Crippen LogP contribution in [-0.2, 0) is 16.1 Å². The van der Waals surface area contributed by atoms with Crippen molar-refractivity contribution in [2.75, 3.05) is 6.54 Å². The van der Waals surface area contributed by atoms with Gasteiger partial charge in [0, 0.05) is 6.54 Å². The summed E-state index contributed by atoms with van der Waals surface area (Å²) >= 11 is 0. The second-order valence-corrected chi connectivity index (χ2v) is 5.98. The van der Waals surface area contributed by atoms with Crippen LogP contribution in [0.25, 0.3) is 0 Å². The van der Waals surface area contributed by atoms with Crippen LogP contribution in [0, 0.1) is 0 Å². The Labute approximate surface area is 155 Å². The van der Waals surface area contributed by atoms with Gasteiger partial charge in [-0.25, -0.2) is 4.79 Å². The van der Waals surface area contributed by atoms with Crippen molar-refractivity contribution < 1.29 is 28.3 Å². The van der Waals surface area contributed by atoms with Crippen molar-refractivity contribution in [1.29, 1.82) is 0 Å². The summed E-state index contributed by atoms with van der Waals surface area (Å²) in [5, 5.41) is 2.55. The van der Waals surface area contributed by atoms with Gasteiger partial charge in [-0.15, -0.1) is 0 Å². The number of rotatable bonds is 6. The van der Waals surface area contributed by atoms with E-state index in [0.29, 0.717) is 12.3 Å². The molecule has 3 amide bonds. The van der Waals surface area contributed by atoms with Crippen molar-refractivity contribution in [3.63, 3.8) is 0 Å². The third-order valence-corrected chi connectivity index (χ3v) is 4.10. The molecule has 1 aromatic heterocycles. The van der Waals surface area contributed by atoms with Gasteiger partial charge in [0.05, 0.1) is 29.5 Å². The van der Waals surface area contributed by atoms with Gasteiger partial charge < -0.3 is 14.5 Å². The lowest BCUT2D eigenvalue weighted by Gasteiger charge is -2.12. The van der Waals surface area contributed by atoms with E-state index in [1.54, 1.807) is 19.1 Å². The van der Waals surface area contributed by atoms with Crippen LogP contribution in [0.15, 0.2) is 41.0 Å². The van der Waals surface area contributed by atoms with Crippen LogP contribution in [0.3, 0.4) is 0 Å². The Hall–Kier alpha value is -3.42. The van der Waals surface area contributed by atoms with E-state index in [1.165, 1.54) is 31.4 Å². The fourth-order valence-electron chi connectivity index (χ4n) is 2.72. The molecule has 8 heteroatoms. The molecule has 1 N–H and O–H groups in total. The van der Waals surface area contributed by atoms with E-state index in [0.717, 1.165) is 4.90 Å². The maximum absolute atomic E-state index is 12.6. The molecule has 8 nitrogen and oxygen atoms in total. The second kappa shape index (κ2) is 7.45. The van der Waals surface area contributed by atoms with Gasteiger partial charge in [0.2, 0.25) is 0 Å². The van der Waals surface area contributed by atoms with Gasteiger partial charge >= 0.3 is 5.97 Å². The minimum Gasteiger partial charge on any atom is -0.467 e. The number of nitrogens with one attached hydrogen (secondary N) is 1. The molecule has 0 aliphatic carbocycles. The van der Waals surface area contributed by atoms with Crippen molar-refractivity contribution in [3.05, 3.63) is 59.0 Å². The number of amides is 3. The zero-order chi connectivity index (χ0) is 19.6. The van der Waals surface area contributed by atoms with Gasteiger partial charge in [-0.1, -0.05) is 0 Å². The zero-order valence-electron chi connectivity index (χ0n) is 14.9. The topological polar surface area (TPSA) is 106 Å². The lowest BCUT2D eigenvalue weighted by molar-refractivity contribution is -0.128. The Morgan fingerprint density at radius 2 is 1.93 bits per heavy atom. The molecule has 1 aromatic carbocycles. The molecule has 140 valence electrons. The van der Waals surface area contributed by atoms with E-state index in [9.17, 15) is 19.2 Å². The summed E-state index contributed by atoms with van der Waals surface area (Å²) < 4.78 is 10.3. The van der Waals surface area contributed by atoms with Gasteiger partial charge in [0.25, 0.3) is 17.7 Å².